The maximum atomic E-state index is 13.2. The summed E-state index contributed by atoms with van der Waals surface area (Å²) in [4.78, 5) is 0. The molecule has 0 aliphatic rings. The second-order valence-electron chi connectivity index (χ2n) is 7.67. The van der Waals surface area contributed by atoms with Gasteiger partial charge in [0.05, 0.1) is 30.2 Å². The van der Waals surface area contributed by atoms with E-state index in [4.69, 9.17) is 47.0 Å². The molecule has 0 saturated carbocycles. The second kappa shape index (κ2) is 10.3. The first-order chi connectivity index (χ1) is 16.2. The Morgan fingerprint density at radius 2 is 1.71 bits per heavy atom. The molecule has 0 spiro atoms. The van der Waals surface area contributed by atoms with Crippen LogP contribution in [0.15, 0.2) is 48.7 Å². The molecule has 0 saturated heterocycles. The number of rotatable bonds is 6. The summed E-state index contributed by atoms with van der Waals surface area (Å²) in [5, 5.41) is 17.1. The molecular formula is C23H20Cl3FN6S. The van der Waals surface area contributed by atoms with Crippen LogP contribution in [0.2, 0.25) is 15.1 Å². The largest absolute Gasteiger partial charge is 0.329 e. The van der Waals surface area contributed by atoms with Gasteiger partial charge >= 0.3 is 0 Å². The molecule has 2 aromatic carbocycles. The maximum Gasteiger partial charge on any atom is 0.176 e. The first kappa shape index (κ1) is 24.5. The molecule has 2 N–H and O–H groups in total. The average molecular weight is 538 g/mol. The van der Waals surface area contributed by atoms with Gasteiger partial charge < -0.3 is 10.6 Å². The molecule has 6 nitrogen and oxygen atoms in total. The average Bonchev–Trinajstić information content (AvgIpc) is 3.25. The van der Waals surface area contributed by atoms with Gasteiger partial charge in [-0.1, -0.05) is 53.0 Å². The zero-order valence-corrected chi connectivity index (χ0v) is 21.3. The van der Waals surface area contributed by atoms with E-state index in [-0.39, 0.29) is 5.82 Å². The van der Waals surface area contributed by atoms with Gasteiger partial charge in [0.25, 0.3) is 0 Å². The SMILES string of the molecule is Cc1nn(Cc2ccc(F)cc2)c(C)c1NC(=S)Nc1nn(Cc2ccc(Cl)cc2Cl)cc1Cl. The Morgan fingerprint density at radius 1 is 0.971 bits per heavy atom. The van der Waals surface area contributed by atoms with Crippen molar-refractivity contribution in [2.24, 2.45) is 0 Å². The summed E-state index contributed by atoms with van der Waals surface area (Å²) in [5.74, 6) is 0.145. The van der Waals surface area contributed by atoms with Gasteiger partial charge in [-0.25, -0.2) is 4.39 Å². The normalized spacial score (nSPS) is 11.0. The van der Waals surface area contributed by atoms with Crippen molar-refractivity contribution >= 4 is 63.6 Å². The standard InChI is InChI=1S/C23H20Cl3FN6S/c1-13-21(14(2)33(30-13)10-15-3-7-18(27)8-4-15)28-23(34)29-22-20(26)12-32(31-22)11-16-5-6-17(24)9-19(16)25/h3-9,12H,10-11H2,1-2H3,(H2,28,29,31,34). The third-order valence-corrected chi connectivity index (χ3v) is 6.23. The monoisotopic (exact) mass is 536 g/mol. The Morgan fingerprint density at radius 3 is 2.41 bits per heavy atom. The van der Waals surface area contributed by atoms with Crippen LogP contribution in [0.4, 0.5) is 15.9 Å². The van der Waals surface area contributed by atoms with E-state index in [1.54, 1.807) is 35.1 Å². The van der Waals surface area contributed by atoms with Crippen molar-refractivity contribution in [1.29, 1.82) is 0 Å². The van der Waals surface area contributed by atoms with Crippen LogP contribution in [0.5, 0.6) is 0 Å². The van der Waals surface area contributed by atoms with Crippen LogP contribution < -0.4 is 10.6 Å². The number of anilines is 2. The minimum Gasteiger partial charge on any atom is -0.329 e. The molecule has 11 heteroatoms. The van der Waals surface area contributed by atoms with Crippen molar-refractivity contribution in [3.8, 4) is 0 Å². The summed E-state index contributed by atoms with van der Waals surface area (Å²) in [5.41, 5.74) is 4.25. The Kier molecular flexibility index (Phi) is 7.42. The van der Waals surface area contributed by atoms with Gasteiger partial charge in [0.1, 0.15) is 10.8 Å². The van der Waals surface area contributed by atoms with Gasteiger partial charge in [0.15, 0.2) is 10.9 Å². The zero-order chi connectivity index (χ0) is 24.4. The number of halogens is 4. The molecule has 0 amide bonds. The van der Waals surface area contributed by atoms with Gasteiger partial charge in [0.2, 0.25) is 0 Å². The van der Waals surface area contributed by atoms with Crippen molar-refractivity contribution in [3.05, 3.63) is 92.1 Å². The van der Waals surface area contributed by atoms with E-state index in [0.29, 0.717) is 39.1 Å². The third kappa shape index (κ3) is 5.70. The number of aromatic nitrogens is 4. The van der Waals surface area contributed by atoms with E-state index in [1.165, 1.54) is 12.1 Å². The molecule has 4 rings (SSSR count). The topological polar surface area (TPSA) is 59.7 Å². The van der Waals surface area contributed by atoms with Crippen LogP contribution in [0.1, 0.15) is 22.5 Å². The van der Waals surface area contributed by atoms with Crippen molar-refractivity contribution < 1.29 is 4.39 Å². The van der Waals surface area contributed by atoms with Gasteiger partial charge in [-0.15, -0.1) is 0 Å². The number of thiocarbonyl (C=S) groups is 1. The molecule has 176 valence electrons. The highest BCUT2D eigenvalue weighted by Crippen LogP contribution is 2.25. The van der Waals surface area contributed by atoms with Crippen LogP contribution >= 0.6 is 47.0 Å². The van der Waals surface area contributed by atoms with E-state index >= 15 is 0 Å². The number of aryl methyl sites for hydroxylation is 1. The summed E-state index contributed by atoms with van der Waals surface area (Å²) in [6, 6.07) is 11.6. The second-order valence-corrected chi connectivity index (χ2v) is 9.33. The first-order valence-electron chi connectivity index (χ1n) is 10.2. The molecule has 0 radical (unpaired) electrons. The van der Waals surface area contributed by atoms with Crippen LogP contribution in [-0.2, 0) is 13.1 Å². The summed E-state index contributed by atoms with van der Waals surface area (Å²) >= 11 is 24.1. The summed E-state index contributed by atoms with van der Waals surface area (Å²) in [7, 11) is 0. The zero-order valence-electron chi connectivity index (χ0n) is 18.2. The summed E-state index contributed by atoms with van der Waals surface area (Å²) < 4.78 is 16.7. The fourth-order valence-electron chi connectivity index (χ4n) is 3.43. The fourth-order valence-corrected chi connectivity index (χ4v) is 4.30. The van der Waals surface area contributed by atoms with Crippen molar-refractivity contribution in [2.75, 3.05) is 10.6 Å². The molecular weight excluding hydrogens is 518 g/mol. The number of nitrogens with one attached hydrogen (secondary N) is 2. The van der Waals surface area contributed by atoms with Crippen LogP contribution in [0.25, 0.3) is 0 Å². The summed E-state index contributed by atoms with van der Waals surface area (Å²) in [6.45, 7) is 4.76. The Bertz CT molecular complexity index is 1350. The number of hydrogen-bond donors (Lipinski definition) is 2. The van der Waals surface area contributed by atoms with E-state index < -0.39 is 0 Å². The molecule has 0 bridgehead atoms. The fraction of sp³-hybridized carbons (Fsp3) is 0.174. The minimum atomic E-state index is -0.270. The molecule has 0 unspecified atom stereocenters. The highest BCUT2D eigenvalue weighted by Gasteiger charge is 2.15. The lowest BCUT2D eigenvalue weighted by Crippen LogP contribution is -2.20. The molecule has 2 heterocycles. The Balaban J connectivity index is 1.44. The lowest BCUT2D eigenvalue weighted by Gasteiger charge is -2.10. The third-order valence-electron chi connectivity index (χ3n) is 5.16. The highest BCUT2D eigenvalue weighted by atomic mass is 35.5. The van der Waals surface area contributed by atoms with Crippen molar-refractivity contribution in [3.63, 3.8) is 0 Å². The molecule has 0 aliphatic heterocycles. The van der Waals surface area contributed by atoms with E-state index in [2.05, 4.69) is 20.8 Å². The summed E-state index contributed by atoms with van der Waals surface area (Å²) in [6.07, 6.45) is 1.69. The van der Waals surface area contributed by atoms with Crippen molar-refractivity contribution in [2.45, 2.75) is 26.9 Å². The lowest BCUT2D eigenvalue weighted by atomic mass is 10.2. The van der Waals surface area contributed by atoms with E-state index in [1.807, 2.05) is 24.6 Å². The minimum absolute atomic E-state index is 0.270. The van der Waals surface area contributed by atoms with E-state index in [9.17, 15) is 4.39 Å². The van der Waals surface area contributed by atoms with Crippen LogP contribution in [0, 0.1) is 19.7 Å². The lowest BCUT2D eigenvalue weighted by molar-refractivity contribution is 0.622. The number of nitrogens with zero attached hydrogens (tertiary/aromatic N) is 4. The van der Waals surface area contributed by atoms with Gasteiger partial charge in [-0.3, -0.25) is 9.36 Å². The van der Waals surface area contributed by atoms with Crippen LogP contribution in [0.3, 0.4) is 0 Å². The molecule has 2 aromatic heterocycles. The molecule has 34 heavy (non-hydrogen) atoms. The molecule has 0 aliphatic carbocycles. The quantitative estimate of drug-likeness (QED) is 0.268. The van der Waals surface area contributed by atoms with Gasteiger partial charge in [-0.2, -0.15) is 10.2 Å². The Labute approximate surface area is 216 Å². The number of hydrogen-bond acceptors (Lipinski definition) is 3. The van der Waals surface area contributed by atoms with Gasteiger partial charge in [0, 0.05) is 16.2 Å². The number of benzene rings is 2. The molecule has 4 aromatic rings. The predicted octanol–water partition coefficient (Wildman–Crippen LogP) is 6.70. The maximum absolute atomic E-state index is 13.2. The smallest absolute Gasteiger partial charge is 0.176 e. The van der Waals surface area contributed by atoms with Crippen molar-refractivity contribution in [1.82, 2.24) is 19.6 Å². The molecule has 0 atom stereocenters. The Hall–Kier alpha value is -2.65. The van der Waals surface area contributed by atoms with Crippen LogP contribution in [-0.4, -0.2) is 24.7 Å². The van der Waals surface area contributed by atoms with E-state index in [0.717, 1.165) is 28.2 Å². The first-order valence-corrected chi connectivity index (χ1v) is 11.8. The molecule has 0 fully saturated rings. The van der Waals surface area contributed by atoms with Gasteiger partial charge in [-0.05, 0) is 61.5 Å². The predicted molar refractivity (Wildman–Crippen MR) is 140 cm³/mol. The highest BCUT2D eigenvalue weighted by molar-refractivity contribution is 7.80.